The van der Waals surface area contributed by atoms with Crippen LogP contribution < -0.4 is 15.0 Å². The van der Waals surface area contributed by atoms with Gasteiger partial charge in [-0.15, -0.1) is 0 Å². The Kier molecular flexibility index (Phi) is 6.19. The molecule has 0 aliphatic carbocycles. The molecule has 2 atom stereocenters. The Morgan fingerprint density at radius 2 is 2.03 bits per heavy atom. The first kappa shape index (κ1) is 23.6. The zero-order chi connectivity index (χ0) is 26.1. The number of piperidine rings is 1. The van der Waals surface area contributed by atoms with Crippen LogP contribution in [0.4, 0.5) is 5.82 Å². The number of fused-ring (bicyclic) bond motifs is 2. The molecule has 3 saturated heterocycles. The quantitative estimate of drug-likeness (QED) is 0.330. The topological polar surface area (TPSA) is 130 Å². The lowest BCUT2D eigenvalue weighted by atomic mass is 9.87. The number of aromatic nitrogens is 4. The fourth-order valence-electron chi connectivity index (χ4n) is 5.38. The number of allylic oxidation sites excluding steroid dienone is 4. The fourth-order valence-corrected chi connectivity index (χ4v) is 5.38. The number of aromatic amines is 1. The maximum Gasteiger partial charge on any atom is 0.212 e. The van der Waals surface area contributed by atoms with E-state index in [4.69, 9.17) is 15.1 Å². The predicted octanol–water partition coefficient (Wildman–Crippen LogP) is 3.13. The van der Waals surface area contributed by atoms with Crippen molar-refractivity contribution in [3.05, 3.63) is 89.3 Å². The summed E-state index contributed by atoms with van der Waals surface area (Å²) in [6.45, 7) is 2.76. The van der Waals surface area contributed by atoms with Crippen LogP contribution in [0.5, 0.6) is 5.88 Å². The minimum Gasteiger partial charge on any atom is -0.481 e. The molecule has 0 radical (unpaired) electrons. The summed E-state index contributed by atoms with van der Waals surface area (Å²) >= 11 is 0. The lowest BCUT2D eigenvalue weighted by Crippen LogP contribution is -2.68. The Bertz CT molecular complexity index is 1450. The van der Waals surface area contributed by atoms with E-state index in [0.717, 1.165) is 53.9 Å². The standard InChI is InChI=1S/C28H27N9O/c1-38-27-5-2-18(10-32-27)15-37-23-7-24(37)17-36(16-23)26-4-3-19(11-31-26)25-6-20(22-13-34-35-14-22)12-33-28(25)21(8-29)9-30/h2-6,8,10-14,23-24,29,33H,7,15-17H2,1H3,(H,34,35)/b28-21+,29-8?. The number of dihydropyridines is 1. The van der Waals surface area contributed by atoms with Gasteiger partial charge in [-0.1, -0.05) is 6.07 Å². The maximum absolute atomic E-state index is 9.58. The number of nitriles is 1. The fraction of sp³-hybridized carbons (Fsp3) is 0.250. The Labute approximate surface area is 220 Å². The van der Waals surface area contributed by atoms with Crippen LogP contribution in [0.15, 0.2) is 72.6 Å². The first-order valence-corrected chi connectivity index (χ1v) is 12.5. The molecule has 3 aromatic heterocycles. The van der Waals surface area contributed by atoms with Gasteiger partial charge in [0.05, 0.1) is 24.6 Å². The number of pyridine rings is 2. The number of H-pyrrole nitrogens is 1. The van der Waals surface area contributed by atoms with E-state index in [0.29, 0.717) is 23.7 Å². The van der Waals surface area contributed by atoms with Crippen molar-refractivity contribution in [1.82, 2.24) is 30.4 Å². The van der Waals surface area contributed by atoms with Crippen LogP contribution in [-0.2, 0) is 6.54 Å². The van der Waals surface area contributed by atoms with Gasteiger partial charge in [-0.25, -0.2) is 9.97 Å². The molecule has 4 aliphatic heterocycles. The molecule has 0 aromatic carbocycles. The summed E-state index contributed by atoms with van der Waals surface area (Å²) in [6.07, 6.45) is 13.4. The highest BCUT2D eigenvalue weighted by atomic mass is 16.5. The van der Waals surface area contributed by atoms with Crippen LogP contribution in [-0.4, -0.2) is 63.6 Å². The van der Waals surface area contributed by atoms with Crippen molar-refractivity contribution in [2.45, 2.75) is 25.0 Å². The highest BCUT2D eigenvalue weighted by molar-refractivity contribution is 5.97. The molecule has 3 aromatic rings. The second-order valence-electron chi connectivity index (χ2n) is 9.57. The van der Waals surface area contributed by atoms with E-state index in [1.165, 1.54) is 12.0 Å². The van der Waals surface area contributed by atoms with E-state index in [1.807, 2.05) is 49.1 Å². The number of nitrogens with one attached hydrogen (secondary N) is 3. The normalized spacial score (nSPS) is 21.8. The summed E-state index contributed by atoms with van der Waals surface area (Å²) in [7, 11) is 1.63. The van der Waals surface area contributed by atoms with Crippen molar-refractivity contribution in [3.8, 4) is 11.9 Å². The van der Waals surface area contributed by atoms with Crippen LogP contribution in [0.2, 0.25) is 0 Å². The van der Waals surface area contributed by atoms with Gasteiger partial charge in [0.1, 0.15) is 11.9 Å². The molecule has 38 heavy (non-hydrogen) atoms. The number of methoxy groups -OCH3 is 1. The number of rotatable bonds is 7. The molecule has 0 amide bonds. The molecule has 10 nitrogen and oxygen atoms in total. The average Bonchev–Trinajstić information content (AvgIpc) is 3.52. The predicted molar refractivity (Wildman–Crippen MR) is 144 cm³/mol. The number of nitrogens with zero attached hydrogens (tertiary/aromatic N) is 6. The molecule has 3 N–H and O–H groups in total. The van der Waals surface area contributed by atoms with Crippen LogP contribution in [0, 0.1) is 16.7 Å². The molecular weight excluding hydrogens is 478 g/mol. The van der Waals surface area contributed by atoms with Gasteiger partial charge in [0.25, 0.3) is 0 Å². The van der Waals surface area contributed by atoms with Crippen molar-refractivity contribution in [2.24, 2.45) is 0 Å². The van der Waals surface area contributed by atoms with Gasteiger partial charge in [-0.3, -0.25) is 10.00 Å². The molecule has 190 valence electrons. The molecule has 7 rings (SSSR count). The van der Waals surface area contributed by atoms with Crippen molar-refractivity contribution < 1.29 is 4.74 Å². The van der Waals surface area contributed by atoms with Gasteiger partial charge < -0.3 is 20.4 Å². The van der Waals surface area contributed by atoms with Gasteiger partial charge in [-0.2, -0.15) is 10.4 Å². The van der Waals surface area contributed by atoms with Gasteiger partial charge in [0.2, 0.25) is 5.88 Å². The number of hydrogen-bond donors (Lipinski definition) is 3. The largest absolute Gasteiger partial charge is 0.481 e. The lowest BCUT2D eigenvalue weighted by Gasteiger charge is -2.56. The van der Waals surface area contributed by atoms with E-state index in [9.17, 15) is 5.26 Å². The lowest BCUT2D eigenvalue weighted by molar-refractivity contribution is -0.00877. The van der Waals surface area contributed by atoms with Crippen LogP contribution >= 0.6 is 0 Å². The Hall–Kier alpha value is -4.75. The van der Waals surface area contributed by atoms with E-state index in [2.05, 4.69) is 42.4 Å². The van der Waals surface area contributed by atoms with Crippen molar-refractivity contribution >= 4 is 23.2 Å². The van der Waals surface area contributed by atoms with E-state index in [1.54, 1.807) is 13.3 Å². The highest BCUT2D eigenvalue weighted by Crippen LogP contribution is 2.36. The summed E-state index contributed by atoms with van der Waals surface area (Å²) in [6, 6.07) is 11.2. The van der Waals surface area contributed by atoms with Crippen LogP contribution in [0.25, 0.3) is 11.1 Å². The molecular formula is C28H27N9O. The molecule has 7 heterocycles. The third-order valence-electron chi connectivity index (χ3n) is 7.41. The average molecular weight is 506 g/mol. The van der Waals surface area contributed by atoms with Crippen LogP contribution in [0.1, 0.15) is 23.1 Å². The highest BCUT2D eigenvalue weighted by Gasteiger charge is 2.44. The summed E-state index contributed by atoms with van der Waals surface area (Å²) < 4.78 is 5.17. The summed E-state index contributed by atoms with van der Waals surface area (Å²) in [5.74, 6) is 1.58. The summed E-state index contributed by atoms with van der Waals surface area (Å²) in [5, 5.41) is 27.3. The molecule has 0 saturated carbocycles. The van der Waals surface area contributed by atoms with E-state index in [-0.39, 0.29) is 5.57 Å². The van der Waals surface area contributed by atoms with Gasteiger partial charge in [-0.05, 0) is 30.2 Å². The first-order valence-electron chi connectivity index (χ1n) is 12.5. The number of anilines is 1. The smallest absolute Gasteiger partial charge is 0.212 e. The van der Waals surface area contributed by atoms with Crippen molar-refractivity contribution in [2.75, 3.05) is 25.1 Å². The minimum absolute atomic E-state index is 0.256. The number of piperazine rings is 1. The minimum atomic E-state index is 0.256. The molecule has 2 unspecified atom stereocenters. The first-order chi connectivity index (χ1) is 18.7. The Morgan fingerprint density at radius 3 is 2.66 bits per heavy atom. The van der Waals surface area contributed by atoms with E-state index >= 15 is 0 Å². The summed E-state index contributed by atoms with van der Waals surface area (Å²) in [5.41, 5.74) is 5.57. The van der Waals surface area contributed by atoms with E-state index < -0.39 is 0 Å². The van der Waals surface area contributed by atoms with Gasteiger partial charge >= 0.3 is 0 Å². The van der Waals surface area contributed by atoms with Crippen molar-refractivity contribution in [3.63, 3.8) is 0 Å². The zero-order valence-corrected chi connectivity index (χ0v) is 20.9. The van der Waals surface area contributed by atoms with Gasteiger partial charge in [0.15, 0.2) is 0 Å². The Morgan fingerprint density at radius 1 is 1.16 bits per heavy atom. The second-order valence-corrected chi connectivity index (χ2v) is 9.57. The molecule has 3 fully saturated rings. The number of ether oxygens (including phenoxy) is 1. The maximum atomic E-state index is 9.58. The molecule has 10 heteroatoms. The monoisotopic (exact) mass is 505 g/mol. The molecule has 4 aliphatic rings. The third-order valence-corrected chi connectivity index (χ3v) is 7.41. The molecule has 2 bridgehead atoms. The van der Waals surface area contributed by atoms with Crippen molar-refractivity contribution in [1.29, 1.82) is 10.7 Å². The second kappa shape index (κ2) is 9.95. The summed E-state index contributed by atoms with van der Waals surface area (Å²) in [4.78, 5) is 14.0. The van der Waals surface area contributed by atoms with Gasteiger partial charge in [0, 0.05) is 91.1 Å². The number of hydrogen-bond acceptors (Lipinski definition) is 9. The molecule has 0 spiro atoms. The third kappa shape index (κ3) is 4.33. The Balaban J connectivity index is 1.19. The SMILES string of the molecule is COc1ccc(CN2C3CC2CN(c2ccc(C4=CC(c5cn[nH]c5)=CN/C4=C(/C#N)C=N)cn2)C3)cn1. The zero-order valence-electron chi connectivity index (χ0n) is 20.9. The van der Waals surface area contributed by atoms with Crippen LogP contribution in [0.3, 0.4) is 0 Å².